The van der Waals surface area contributed by atoms with Crippen LogP contribution in [-0.4, -0.2) is 33.8 Å². The number of carbonyl (C=O) groups is 2. The summed E-state index contributed by atoms with van der Waals surface area (Å²) in [5, 5.41) is 9.22. The van der Waals surface area contributed by atoms with E-state index in [0.29, 0.717) is 17.1 Å². The molecule has 30 heavy (non-hydrogen) atoms. The molecule has 0 aliphatic heterocycles. The number of nitrogens with zero attached hydrogens (tertiary/aromatic N) is 3. The molecule has 0 saturated carbocycles. The van der Waals surface area contributed by atoms with Crippen LogP contribution in [0.3, 0.4) is 0 Å². The monoisotopic (exact) mass is 418 g/mol. The molecule has 4 aromatic rings. The number of aromatic nitrogens is 3. The van der Waals surface area contributed by atoms with E-state index < -0.39 is 11.9 Å². The first-order valence-electron chi connectivity index (χ1n) is 9.13. The van der Waals surface area contributed by atoms with E-state index in [4.69, 9.17) is 4.74 Å². The first-order chi connectivity index (χ1) is 14.6. The number of hydrogen-bond acceptors (Lipinski definition) is 6. The maximum Gasteiger partial charge on any atom is 0.337 e. The third-order valence-corrected chi connectivity index (χ3v) is 5.31. The van der Waals surface area contributed by atoms with Crippen molar-refractivity contribution in [2.75, 3.05) is 12.4 Å². The van der Waals surface area contributed by atoms with Crippen molar-refractivity contribution in [3.8, 4) is 16.4 Å². The number of rotatable bonds is 5. The van der Waals surface area contributed by atoms with Gasteiger partial charge in [0.25, 0.3) is 5.91 Å². The Morgan fingerprint density at radius 1 is 1.07 bits per heavy atom. The number of ether oxygens (including phenoxy) is 1. The van der Waals surface area contributed by atoms with E-state index in [1.54, 1.807) is 29.8 Å². The minimum absolute atomic E-state index is 0.0543. The molecule has 1 N–H and O–H groups in total. The molecule has 0 fully saturated rings. The summed E-state index contributed by atoms with van der Waals surface area (Å²) in [5.41, 5.74) is 2.53. The Morgan fingerprint density at radius 2 is 1.87 bits per heavy atom. The van der Waals surface area contributed by atoms with Crippen LogP contribution in [0.15, 0.2) is 66.0 Å². The molecule has 0 aliphatic rings. The van der Waals surface area contributed by atoms with E-state index in [1.165, 1.54) is 18.4 Å². The highest BCUT2D eigenvalue weighted by molar-refractivity contribution is 7.13. The van der Waals surface area contributed by atoms with E-state index in [-0.39, 0.29) is 5.82 Å². The molecule has 7 nitrogen and oxygen atoms in total. The first kappa shape index (κ1) is 19.5. The van der Waals surface area contributed by atoms with E-state index in [9.17, 15) is 9.59 Å². The number of amides is 1. The topological polar surface area (TPSA) is 86.1 Å². The van der Waals surface area contributed by atoms with Gasteiger partial charge in [-0.2, -0.15) is 0 Å². The number of esters is 1. The minimum Gasteiger partial charge on any atom is -0.465 e. The summed E-state index contributed by atoms with van der Waals surface area (Å²) in [7, 11) is 1.33. The van der Waals surface area contributed by atoms with Gasteiger partial charge in [0.2, 0.25) is 5.82 Å². The van der Waals surface area contributed by atoms with E-state index >= 15 is 0 Å². The Hall–Kier alpha value is -3.78. The molecule has 0 radical (unpaired) electrons. The summed E-state index contributed by atoms with van der Waals surface area (Å²) in [6.45, 7) is 1.80. The Morgan fingerprint density at radius 3 is 2.53 bits per heavy atom. The molecular formula is C22H18N4O3S. The van der Waals surface area contributed by atoms with Crippen molar-refractivity contribution in [1.29, 1.82) is 0 Å². The Bertz CT molecular complexity index is 1200. The van der Waals surface area contributed by atoms with E-state index in [2.05, 4.69) is 15.4 Å². The molecule has 2 aromatic carbocycles. The molecule has 0 saturated heterocycles. The van der Waals surface area contributed by atoms with Crippen molar-refractivity contribution in [2.24, 2.45) is 0 Å². The fraction of sp³-hybridized carbons (Fsp3) is 0.0909. The first-order valence-corrected chi connectivity index (χ1v) is 10.0. The predicted molar refractivity (Wildman–Crippen MR) is 115 cm³/mol. The lowest BCUT2D eigenvalue weighted by molar-refractivity contribution is 0.0600. The summed E-state index contributed by atoms with van der Waals surface area (Å²) >= 11 is 1.52. The van der Waals surface area contributed by atoms with Gasteiger partial charge in [-0.05, 0) is 54.3 Å². The quantitative estimate of drug-likeness (QED) is 0.487. The number of para-hydroxylation sites is 1. The van der Waals surface area contributed by atoms with Crippen molar-refractivity contribution < 1.29 is 14.3 Å². The summed E-state index contributed by atoms with van der Waals surface area (Å²) in [4.78, 5) is 29.9. The van der Waals surface area contributed by atoms with Gasteiger partial charge in [0, 0.05) is 5.69 Å². The second kappa shape index (κ2) is 8.30. The van der Waals surface area contributed by atoms with Crippen LogP contribution in [-0.2, 0) is 4.74 Å². The van der Waals surface area contributed by atoms with Crippen LogP contribution < -0.4 is 5.32 Å². The molecule has 8 heteroatoms. The molecular weight excluding hydrogens is 400 g/mol. The lowest BCUT2D eigenvalue weighted by Crippen LogP contribution is -2.15. The molecule has 2 heterocycles. The number of benzene rings is 2. The molecule has 0 atom stereocenters. The average molecular weight is 418 g/mol. The summed E-state index contributed by atoms with van der Waals surface area (Å²) in [6, 6.07) is 18.3. The van der Waals surface area contributed by atoms with Crippen LogP contribution in [0.5, 0.6) is 0 Å². The molecule has 4 rings (SSSR count). The second-order valence-corrected chi connectivity index (χ2v) is 7.41. The number of anilines is 1. The maximum absolute atomic E-state index is 12.9. The average Bonchev–Trinajstić information content (AvgIpc) is 3.45. The zero-order chi connectivity index (χ0) is 21.1. The van der Waals surface area contributed by atoms with Crippen LogP contribution in [0, 0.1) is 6.92 Å². The van der Waals surface area contributed by atoms with Crippen LogP contribution in [0.4, 0.5) is 5.69 Å². The maximum atomic E-state index is 12.9. The van der Waals surface area contributed by atoms with Crippen LogP contribution >= 0.6 is 11.3 Å². The van der Waals surface area contributed by atoms with Crippen molar-refractivity contribution in [2.45, 2.75) is 6.92 Å². The minimum atomic E-state index is -0.434. The SMILES string of the molecule is COC(=O)c1ccc(NC(=O)c2nc(-c3cccs3)n(-c3ccccc3)n2)c(C)c1. The van der Waals surface area contributed by atoms with Gasteiger partial charge in [-0.15, -0.1) is 16.4 Å². The fourth-order valence-electron chi connectivity index (χ4n) is 2.95. The molecule has 0 unspecified atom stereocenters. The highest BCUT2D eigenvalue weighted by atomic mass is 32.1. The predicted octanol–water partition coefficient (Wildman–Crippen LogP) is 4.34. The van der Waals surface area contributed by atoms with Gasteiger partial charge < -0.3 is 10.1 Å². The van der Waals surface area contributed by atoms with Crippen molar-refractivity contribution in [1.82, 2.24) is 14.8 Å². The van der Waals surface area contributed by atoms with Gasteiger partial charge in [-0.1, -0.05) is 24.3 Å². The number of nitrogens with one attached hydrogen (secondary N) is 1. The van der Waals surface area contributed by atoms with Crippen LogP contribution in [0.1, 0.15) is 26.5 Å². The molecule has 0 bridgehead atoms. The van der Waals surface area contributed by atoms with Gasteiger partial charge in [0.1, 0.15) is 0 Å². The van der Waals surface area contributed by atoms with Crippen LogP contribution in [0.25, 0.3) is 16.4 Å². The van der Waals surface area contributed by atoms with Gasteiger partial charge in [0.05, 0.1) is 23.2 Å². The normalized spacial score (nSPS) is 10.6. The molecule has 1 amide bonds. The lowest BCUT2D eigenvalue weighted by Gasteiger charge is -2.08. The highest BCUT2D eigenvalue weighted by Gasteiger charge is 2.20. The Labute approximate surface area is 177 Å². The van der Waals surface area contributed by atoms with Gasteiger partial charge in [0.15, 0.2) is 5.82 Å². The molecule has 150 valence electrons. The lowest BCUT2D eigenvalue weighted by atomic mass is 10.1. The third-order valence-electron chi connectivity index (χ3n) is 4.45. The van der Waals surface area contributed by atoms with Crippen molar-refractivity contribution in [3.05, 3.63) is 83.0 Å². The smallest absolute Gasteiger partial charge is 0.337 e. The number of methoxy groups -OCH3 is 1. The fourth-order valence-corrected chi connectivity index (χ4v) is 3.65. The number of carbonyl (C=O) groups excluding carboxylic acids is 2. The van der Waals surface area contributed by atoms with Gasteiger partial charge in [-0.3, -0.25) is 4.79 Å². The molecule has 0 aliphatic carbocycles. The molecule has 2 aromatic heterocycles. The van der Waals surface area contributed by atoms with Crippen molar-refractivity contribution >= 4 is 28.9 Å². The summed E-state index contributed by atoms with van der Waals surface area (Å²) < 4.78 is 6.39. The van der Waals surface area contributed by atoms with Gasteiger partial charge >= 0.3 is 5.97 Å². The van der Waals surface area contributed by atoms with Crippen LogP contribution in [0.2, 0.25) is 0 Å². The number of aryl methyl sites for hydroxylation is 1. The number of hydrogen-bond donors (Lipinski definition) is 1. The third kappa shape index (κ3) is 3.85. The largest absolute Gasteiger partial charge is 0.465 e. The van der Waals surface area contributed by atoms with E-state index in [1.807, 2.05) is 47.8 Å². The zero-order valence-corrected chi connectivity index (χ0v) is 17.1. The highest BCUT2D eigenvalue weighted by Crippen LogP contribution is 2.26. The number of thiophene rings is 1. The van der Waals surface area contributed by atoms with E-state index in [0.717, 1.165) is 16.1 Å². The van der Waals surface area contributed by atoms with Gasteiger partial charge in [-0.25, -0.2) is 14.5 Å². The second-order valence-electron chi connectivity index (χ2n) is 6.46. The Kier molecular flexibility index (Phi) is 5.40. The summed E-state index contributed by atoms with van der Waals surface area (Å²) in [6.07, 6.45) is 0. The zero-order valence-electron chi connectivity index (χ0n) is 16.3. The Balaban J connectivity index is 1.66. The standard InChI is InChI=1S/C22H18N4O3S/c1-14-13-15(22(28)29-2)10-11-17(14)23-21(27)19-24-20(18-9-6-12-30-18)26(25-19)16-7-4-3-5-8-16/h3-13H,1-2H3,(H,23,27). The molecule has 0 spiro atoms. The summed E-state index contributed by atoms with van der Waals surface area (Å²) in [5.74, 6) is -0.214. The van der Waals surface area contributed by atoms with Crippen molar-refractivity contribution in [3.63, 3.8) is 0 Å².